The van der Waals surface area contributed by atoms with Gasteiger partial charge in [-0.1, -0.05) is 18.5 Å². The number of rotatable bonds is 5. The van der Waals surface area contributed by atoms with Crippen molar-refractivity contribution < 1.29 is 0 Å². The molecule has 1 aliphatic rings. The summed E-state index contributed by atoms with van der Waals surface area (Å²) in [6, 6.07) is 2.58. The van der Waals surface area contributed by atoms with Crippen molar-refractivity contribution >= 4 is 22.9 Å². The summed E-state index contributed by atoms with van der Waals surface area (Å²) in [4.78, 5) is 2.57. The van der Waals surface area contributed by atoms with E-state index in [1.807, 2.05) is 0 Å². The second-order valence-corrected chi connectivity index (χ2v) is 6.70. The smallest absolute Gasteiger partial charge is 0.0931 e. The third kappa shape index (κ3) is 3.70. The van der Waals surface area contributed by atoms with Gasteiger partial charge in [-0.25, -0.2) is 0 Å². The number of nitrogens with one attached hydrogen (secondary N) is 1. The van der Waals surface area contributed by atoms with Gasteiger partial charge in [-0.3, -0.25) is 4.90 Å². The second kappa shape index (κ2) is 6.90. The molecule has 2 unspecified atom stereocenters. The predicted octanol–water partition coefficient (Wildman–Crippen LogP) is 3.78. The number of hydrogen-bond acceptors (Lipinski definition) is 3. The number of piperidine rings is 1. The van der Waals surface area contributed by atoms with Crippen LogP contribution in [0.25, 0.3) is 0 Å². The number of thiophene rings is 1. The summed E-state index contributed by atoms with van der Waals surface area (Å²) in [6.07, 6.45) is 2.68. The molecule has 1 aromatic heterocycles. The summed E-state index contributed by atoms with van der Waals surface area (Å²) >= 11 is 7.67. The lowest BCUT2D eigenvalue weighted by atomic mass is 9.98. The van der Waals surface area contributed by atoms with Crippen molar-refractivity contribution in [2.45, 2.75) is 32.7 Å². The lowest BCUT2D eigenvalue weighted by molar-refractivity contribution is 0.171. The highest BCUT2D eigenvalue weighted by Gasteiger charge is 2.21. The van der Waals surface area contributed by atoms with Gasteiger partial charge >= 0.3 is 0 Å². The van der Waals surface area contributed by atoms with Crippen LogP contribution in [0.2, 0.25) is 4.34 Å². The molecular weight excluding hydrogens is 264 g/mol. The summed E-state index contributed by atoms with van der Waals surface area (Å²) in [7, 11) is 0. The van der Waals surface area contributed by atoms with E-state index in [1.54, 1.807) is 11.3 Å². The molecule has 1 fully saturated rings. The molecule has 102 valence electrons. The van der Waals surface area contributed by atoms with Gasteiger partial charge in [-0.05, 0) is 62.3 Å². The molecule has 0 saturated carbocycles. The van der Waals surface area contributed by atoms with Gasteiger partial charge < -0.3 is 5.32 Å². The Hall–Kier alpha value is -0.0900. The third-order valence-corrected chi connectivity index (χ3v) is 5.03. The molecule has 0 spiro atoms. The van der Waals surface area contributed by atoms with E-state index in [2.05, 4.69) is 35.5 Å². The predicted molar refractivity (Wildman–Crippen MR) is 80.6 cm³/mol. The van der Waals surface area contributed by atoms with Crippen LogP contribution in [-0.4, -0.2) is 31.1 Å². The van der Waals surface area contributed by atoms with E-state index in [0.29, 0.717) is 6.04 Å². The molecule has 1 aromatic rings. The fraction of sp³-hybridized carbons (Fsp3) is 0.714. The van der Waals surface area contributed by atoms with Crippen LogP contribution in [0.4, 0.5) is 0 Å². The number of halogens is 1. The quantitative estimate of drug-likeness (QED) is 0.886. The zero-order valence-electron chi connectivity index (χ0n) is 11.3. The number of nitrogens with zero attached hydrogens (tertiary/aromatic N) is 1. The van der Waals surface area contributed by atoms with Crippen molar-refractivity contribution in [2.24, 2.45) is 5.92 Å². The average molecular weight is 287 g/mol. The van der Waals surface area contributed by atoms with Crippen molar-refractivity contribution in [3.05, 3.63) is 21.3 Å². The lowest BCUT2D eigenvalue weighted by Gasteiger charge is -2.33. The zero-order chi connectivity index (χ0) is 13.0. The molecule has 18 heavy (non-hydrogen) atoms. The molecule has 1 aliphatic heterocycles. The van der Waals surface area contributed by atoms with Crippen molar-refractivity contribution in [1.82, 2.24) is 10.2 Å². The highest BCUT2D eigenvalue weighted by Crippen LogP contribution is 2.29. The van der Waals surface area contributed by atoms with E-state index in [0.717, 1.165) is 16.8 Å². The SMILES string of the molecule is CCN(CC1CCCNC1)C(C)c1csc(Cl)c1. The molecule has 1 N–H and O–H groups in total. The molecular formula is C14H23ClN2S. The Labute approximate surface area is 119 Å². The van der Waals surface area contributed by atoms with Crippen molar-refractivity contribution in [2.75, 3.05) is 26.2 Å². The molecule has 0 aliphatic carbocycles. The maximum Gasteiger partial charge on any atom is 0.0931 e. The van der Waals surface area contributed by atoms with E-state index in [-0.39, 0.29) is 0 Å². The third-order valence-electron chi connectivity index (χ3n) is 3.92. The van der Waals surface area contributed by atoms with Crippen LogP contribution in [0.15, 0.2) is 11.4 Å². The Kier molecular flexibility index (Phi) is 5.49. The Morgan fingerprint density at radius 2 is 2.44 bits per heavy atom. The van der Waals surface area contributed by atoms with E-state index in [1.165, 1.54) is 38.0 Å². The highest BCUT2D eigenvalue weighted by molar-refractivity contribution is 7.14. The lowest BCUT2D eigenvalue weighted by Crippen LogP contribution is -2.39. The summed E-state index contributed by atoms with van der Waals surface area (Å²) in [5, 5.41) is 5.69. The minimum Gasteiger partial charge on any atom is -0.316 e. The van der Waals surface area contributed by atoms with E-state index in [9.17, 15) is 0 Å². The van der Waals surface area contributed by atoms with Gasteiger partial charge in [0.1, 0.15) is 0 Å². The van der Waals surface area contributed by atoms with Crippen molar-refractivity contribution in [1.29, 1.82) is 0 Å². The molecule has 2 rings (SSSR count). The Morgan fingerprint density at radius 1 is 1.61 bits per heavy atom. The van der Waals surface area contributed by atoms with Gasteiger partial charge in [-0.15, -0.1) is 11.3 Å². The highest BCUT2D eigenvalue weighted by atomic mass is 35.5. The first-order valence-corrected chi connectivity index (χ1v) is 8.15. The topological polar surface area (TPSA) is 15.3 Å². The second-order valence-electron chi connectivity index (χ2n) is 5.16. The van der Waals surface area contributed by atoms with Gasteiger partial charge in [0.05, 0.1) is 4.34 Å². The van der Waals surface area contributed by atoms with Crippen LogP contribution in [0, 0.1) is 5.92 Å². The van der Waals surface area contributed by atoms with Gasteiger partial charge in [0, 0.05) is 12.6 Å². The molecule has 2 atom stereocenters. The van der Waals surface area contributed by atoms with Gasteiger partial charge in [0.15, 0.2) is 0 Å². The summed E-state index contributed by atoms with van der Waals surface area (Å²) in [5.74, 6) is 0.801. The van der Waals surface area contributed by atoms with Crippen LogP contribution in [0.3, 0.4) is 0 Å². The zero-order valence-corrected chi connectivity index (χ0v) is 12.9. The van der Waals surface area contributed by atoms with Crippen molar-refractivity contribution in [3.8, 4) is 0 Å². The fourth-order valence-corrected chi connectivity index (χ4v) is 3.70. The van der Waals surface area contributed by atoms with Crippen LogP contribution in [0.1, 0.15) is 38.3 Å². The summed E-state index contributed by atoms with van der Waals surface area (Å²) < 4.78 is 0.896. The van der Waals surface area contributed by atoms with E-state index < -0.39 is 0 Å². The van der Waals surface area contributed by atoms with Gasteiger partial charge in [0.2, 0.25) is 0 Å². The van der Waals surface area contributed by atoms with E-state index >= 15 is 0 Å². The first kappa shape index (κ1) is 14.3. The number of hydrogen-bond donors (Lipinski definition) is 1. The molecule has 0 bridgehead atoms. The molecule has 2 heterocycles. The van der Waals surface area contributed by atoms with Crippen LogP contribution >= 0.6 is 22.9 Å². The molecule has 2 nitrogen and oxygen atoms in total. The van der Waals surface area contributed by atoms with Crippen LogP contribution < -0.4 is 5.32 Å². The Balaban J connectivity index is 1.94. The van der Waals surface area contributed by atoms with E-state index in [4.69, 9.17) is 11.6 Å². The minimum atomic E-state index is 0.473. The molecule has 0 radical (unpaired) electrons. The van der Waals surface area contributed by atoms with Crippen LogP contribution in [-0.2, 0) is 0 Å². The maximum absolute atomic E-state index is 6.03. The standard InChI is InChI=1S/C14H23ClN2S/c1-3-17(9-12-5-4-6-16-8-12)11(2)13-7-14(15)18-10-13/h7,10-12,16H,3-6,8-9H2,1-2H3. The monoisotopic (exact) mass is 286 g/mol. The molecule has 4 heteroatoms. The Morgan fingerprint density at radius 3 is 3.00 bits per heavy atom. The van der Waals surface area contributed by atoms with Crippen LogP contribution in [0.5, 0.6) is 0 Å². The first-order chi connectivity index (χ1) is 8.70. The average Bonchev–Trinajstić information content (AvgIpc) is 2.83. The normalized spacial score (nSPS) is 22.3. The molecule has 0 amide bonds. The molecule has 1 saturated heterocycles. The largest absolute Gasteiger partial charge is 0.316 e. The fourth-order valence-electron chi connectivity index (χ4n) is 2.73. The molecule has 0 aromatic carbocycles. The maximum atomic E-state index is 6.03. The van der Waals surface area contributed by atoms with Gasteiger partial charge in [0.25, 0.3) is 0 Å². The first-order valence-electron chi connectivity index (χ1n) is 6.89. The Bertz CT molecular complexity index is 360. The van der Waals surface area contributed by atoms with Crippen molar-refractivity contribution in [3.63, 3.8) is 0 Å². The summed E-state index contributed by atoms with van der Waals surface area (Å²) in [5.41, 5.74) is 1.36. The van der Waals surface area contributed by atoms with Gasteiger partial charge in [-0.2, -0.15) is 0 Å². The minimum absolute atomic E-state index is 0.473. The summed E-state index contributed by atoms with van der Waals surface area (Å²) in [6.45, 7) is 9.20.